The molecule has 0 N–H and O–H groups in total. The summed E-state index contributed by atoms with van der Waals surface area (Å²) in [6, 6.07) is 64.6. The van der Waals surface area contributed by atoms with Crippen LogP contribution < -0.4 is 9.30 Å². The van der Waals surface area contributed by atoms with Crippen molar-refractivity contribution in [3.8, 4) is 50.9 Å². The second-order valence-electron chi connectivity index (χ2n) is 12.5. The summed E-state index contributed by atoms with van der Waals surface area (Å²) in [6.07, 6.45) is 5.69. The number of nitrogens with zero attached hydrogens (tertiary/aromatic N) is 5. The molecule has 0 atom stereocenters. The molecule has 0 unspecified atom stereocenters. The summed E-state index contributed by atoms with van der Waals surface area (Å²) in [5.41, 5.74) is 11.1. The molecular weight excluding hydrogens is 834 g/mol. The van der Waals surface area contributed by atoms with Gasteiger partial charge in [-0.2, -0.15) is 12.1 Å². The number of fused-ring (bicyclic) bond motifs is 4. The fourth-order valence-corrected chi connectivity index (χ4v) is 6.98. The first-order valence-corrected chi connectivity index (χ1v) is 17.2. The molecule has 0 saturated carbocycles. The van der Waals surface area contributed by atoms with E-state index >= 15 is 0 Å². The molecule has 0 amide bonds. The van der Waals surface area contributed by atoms with Crippen molar-refractivity contribution in [2.45, 2.75) is 0 Å². The molecule has 7 heteroatoms. The number of hydrogen-bond acceptors (Lipinski definition) is 2. The monoisotopic (exact) mass is 862 g/mol. The van der Waals surface area contributed by atoms with Gasteiger partial charge in [-0.15, -0.1) is 35.9 Å². The van der Waals surface area contributed by atoms with Crippen LogP contribution >= 0.6 is 0 Å². The SMILES string of the molecule is [Pt].[c-]1c(Oc2[c-]c(-n3[c-][n+](-c4ccccc4-c4ccccc4)c4ccccc43)ccc2)cccc1-c1cn2c3ccccc3n(-c3ccccc3)c2n1. The topological polar surface area (TPSA) is 40.3 Å². The van der Waals surface area contributed by atoms with E-state index in [9.17, 15) is 0 Å². The van der Waals surface area contributed by atoms with E-state index in [0.717, 1.165) is 67.3 Å². The first-order valence-electron chi connectivity index (χ1n) is 17.2. The van der Waals surface area contributed by atoms with Gasteiger partial charge in [0.2, 0.25) is 5.78 Å². The fourth-order valence-electron chi connectivity index (χ4n) is 6.98. The van der Waals surface area contributed by atoms with Crippen LogP contribution in [0, 0.1) is 18.5 Å². The van der Waals surface area contributed by atoms with Gasteiger partial charge in [-0.1, -0.05) is 109 Å². The molecule has 0 aliphatic rings. The Labute approximate surface area is 320 Å². The van der Waals surface area contributed by atoms with Crippen molar-refractivity contribution in [2.75, 3.05) is 0 Å². The van der Waals surface area contributed by atoms with E-state index in [-0.39, 0.29) is 21.1 Å². The van der Waals surface area contributed by atoms with E-state index in [1.807, 2.05) is 71.3 Å². The number of hydrogen-bond donors (Lipinski definition) is 0. The van der Waals surface area contributed by atoms with Crippen LogP contribution in [0.5, 0.6) is 11.5 Å². The van der Waals surface area contributed by atoms with Crippen LogP contribution in [0.2, 0.25) is 0 Å². The number of aromatic nitrogens is 5. The number of rotatable bonds is 7. The first-order chi connectivity index (χ1) is 25.8. The summed E-state index contributed by atoms with van der Waals surface area (Å²) in [7, 11) is 0. The van der Waals surface area contributed by atoms with Gasteiger partial charge < -0.3 is 9.30 Å². The minimum atomic E-state index is 0. The maximum absolute atomic E-state index is 6.42. The molecule has 3 aromatic heterocycles. The Bertz CT molecular complexity index is 2890. The summed E-state index contributed by atoms with van der Waals surface area (Å²) in [4.78, 5) is 5.10. The number of benzene rings is 7. The molecule has 0 radical (unpaired) electrons. The Balaban J connectivity index is 0.00000372. The normalized spacial score (nSPS) is 11.2. The Hall–Kier alpha value is -6.49. The Morgan fingerprint density at radius 2 is 1.23 bits per heavy atom. The van der Waals surface area contributed by atoms with Crippen LogP contribution in [0.15, 0.2) is 176 Å². The van der Waals surface area contributed by atoms with Crippen LogP contribution in [0.25, 0.3) is 67.3 Å². The van der Waals surface area contributed by atoms with Crippen molar-refractivity contribution >= 4 is 27.8 Å². The van der Waals surface area contributed by atoms with Gasteiger partial charge in [0, 0.05) is 43.9 Å². The summed E-state index contributed by atoms with van der Waals surface area (Å²) >= 11 is 0. The van der Waals surface area contributed by atoms with Crippen LogP contribution in [-0.2, 0) is 21.1 Å². The predicted octanol–water partition coefficient (Wildman–Crippen LogP) is 10.0. The van der Waals surface area contributed by atoms with Crippen molar-refractivity contribution in [1.29, 1.82) is 0 Å². The van der Waals surface area contributed by atoms with E-state index in [1.54, 1.807) is 0 Å². The van der Waals surface area contributed by atoms with E-state index in [0.29, 0.717) is 11.5 Å². The molecule has 0 aliphatic heterocycles. The zero-order valence-corrected chi connectivity index (χ0v) is 30.5. The quantitative estimate of drug-likeness (QED) is 0.118. The maximum atomic E-state index is 6.42. The van der Waals surface area contributed by atoms with Gasteiger partial charge in [-0.3, -0.25) is 18.5 Å². The molecular formula is C46H29N5OPt-2. The molecule has 53 heavy (non-hydrogen) atoms. The predicted molar refractivity (Wildman–Crippen MR) is 204 cm³/mol. The Morgan fingerprint density at radius 1 is 0.566 bits per heavy atom. The number of para-hydroxylation sites is 6. The van der Waals surface area contributed by atoms with Crippen molar-refractivity contribution in [3.63, 3.8) is 0 Å². The largest absolute Gasteiger partial charge is 0.503 e. The molecule has 10 aromatic rings. The average Bonchev–Trinajstić information content (AvgIpc) is 3.90. The van der Waals surface area contributed by atoms with E-state index in [4.69, 9.17) is 9.72 Å². The third kappa shape index (κ3) is 5.74. The fraction of sp³-hybridized carbons (Fsp3) is 0. The molecule has 0 spiro atoms. The number of ether oxygens (including phenoxy) is 1. The first kappa shape index (κ1) is 32.4. The number of imidazole rings is 3. The standard InChI is InChI=1S/C46H29N5O.Pt/c1-3-15-33(16-4-1)39-23-7-8-24-41(39)50-32-49(42-25-9-10-26-43(42)50)36-20-14-22-38(30-36)52-37-21-13-17-34(29-37)40-31-48-44-27-11-12-28-45(44)51(46(48)47-40)35-18-5-2-6-19-35;/h1-28,31H;/q-2;. The molecule has 7 aromatic carbocycles. The Kier molecular flexibility index (Phi) is 8.30. The van der Waals surface area contributed by atoms with Gasteiger partial charge in [0.25, 0.3) is 6.33 Å². The third-order valence-corrected chi connectivity index (χ3v) is 9.34. The molecule has 0 bridgehead atoms. The van der Waals surface area contributed by atoms with E-state index in [1.165, 1.54) is 0 Å². The van der Waals surface area contributed by atoms with Gasteiger partial charge in [0.15, 0.2) is 0 Å². The maximum Gasteiger partial charge on any atom is 0.268 e. The van der Waals surface area contributed by atoms with Crippen molar-refractivity contribution < 1.29 is 30.4 Å². The van der Waals surface area contributed by atoms with Crippen molar-refractivity contribution in [2.24, 2.45) is 0 Å². The van der Waals surface area contributed by atoms with E-state index < -0.39 is 0 Å². The summed E-state index contributed by atoms with van der Waals surface area (Å²) in [5, 5.41) is 0. The van der Waals surface area contributed by atoms with Gasteiger partial charge in [0.1, 0.15) is 0 Å². The summed E-state index contributed by atoms with van der Waals surface area (Å²) < 4.78 is 14.9. The Morgan fingerprint density at radius 3 is 2.06 bits per heavy atom. The molecule has 0 aliphatic carbocycles. The second kappa shape index (κ2) is 13.6. The average molecular weight is 863 g/mol. The molecule has 6 nitrogen and oxygen atoms in total. The van der Waals surface area contributed by atoms with Crippen LogP contribution in [0.3, 0.4) is 0 Å². The summed E-state index contributed by atoms with van der Waals surface area (Å²) in [6.45, 7) is 0. The molecule has 10 rings (SSSR count). The molecule has 256 valence electrons. The zero-order valence-electron chi connectivity index (χ0n) is 28.2. The minimum Gasteiger partial charge on any atom is -0.503 e. The molecule has 3 heterocycles. The van der Waals surface area contributed by atoms with E-state index in [2.05, 4.69) is 141 Å². The van der Waals surface area contributed by atoms with Gasteiger partial charge in [-0.25, -0.2) is 0 Å². The van der Waals surface area contributed by atoms with Gasteiger partial charge >= 0.3 is 0 Å². The smallest absolute Gasteiger partial charge is 0.268 e. The van der Waals surface area contributed by atoms with Crippen LogP contribution in [0.1, 0.15) is 0 Å². The van der Waals surface area contributed by atoms with Gasteiger partial charge in [0.05, 0.1) is 27.8 Å². The van der Waals surface area contributed by atoms with Crippen molar-refractivity contribution in [3.05, 3.63) is 195 Å². The van der Waals surface area contributed by atoms with Crippen molar-refractivity contribution in [1.82, 2.24) is 18.5 Å². The second-order valence-corrected chi connectivity index (χ2v) is 12.5. The molecule has 0 saturated heterocycles. The minimum absolute atomic E-state index is 0. The zero-order chi connectivity index (χ0) is 34.4. The van der Waals surface area contributed by atoms with Gasteiger partial charge in [-0.05, 0) is 53.3 Å². The molecule has 0 fully saturated rings. The van der Waals surface area contributed by atoms with Crippen LogP contribution in [0.4, 0.5) is 0 Å². The van der Waals surface area contributed by atoms with Crippen LogP contribution in [-0.4, -0.2) is 18.5 Å². The summed E-state index contributed by atoms with van der Waals surface area (Å²) in [5.74, 6) is 1.99. The third-order valence-electron chi connectivity index (χ3n) is 9.34.